The molecule has 1 saturated heterocycles. The van der Waals surface area contributed by atoms with Crippen LogP contribution in [0.2, 0.25) is 0 Å². The van der Waals surface area contributed by atoms with Crippen molar-refractivity contribution in [3.8, 4) is 5.95 Å². The van der Waals surface area contributed by atoms with E-state index in [-0.39, 0.29) is 5.91 Å². The number of piperazine rings is 1. The summed E-state index contributed by atoms with van der Waals surface area (Å²) in [6.07, 6.45) is 2.19. The lowest BCUT2D eigenvalue weighted by Crippen LogP contribution is -2.48. The first-order valence-corrected chi connectivity index (χ1v) is 12.1. The van der Waals surface area contributed by atoms with Crippen LogP contribution < -0.4 is 0 Å². The van der Waals surface area contributed by atoms with Gasteiger partial charge in [-0.3, -0.25) is 14.7 Å². The molecule has 8 nitrogen and oxygen atoms in total. The molecule has 0 saturated carbocycles. The molecule has 3 aromatic heterocycles. The number of hydrogen-bond acceptors (Lipinski definition) is 6. The number of fused-ring (bicyclic) bond motifs is 1. The zero-order chi connectivity index (χ0) is 24.5. The van der Waals surface area contributed by atoms with Gasteiger partial charge in [-0.2, -0.15) is 5.10 Å². The standard InChI is InChI=1S/C27H31N7O/c1-18-15-19(2)30-27(29-18)34-21(4)24(20(3)31-34)16-25(35)33-13-11-32(12-14-33)17-23-8-5-7-22-9-6-10-28-26(22)23/h5-10,15H,11-14,16-17H2,1-4H3. The van der Waals surface area contributed by atoms with Gasteiger partial charge in [-0.05, 0) is 45.4 Å². The third-order valence-corrected chi connectivity index (χ3v) is 6.76. The van der Waals surface area contributed by atoms with E-state index in [1.54, 1.807) is 4.68 Å². The van der Waals surface area contributed by atoms with Crippen LogP contribution in [0.3, 0.4) is 0 Å². The molecule has 0 spiro atoms. The molecule has 1 aliphatic heterocycles. The molecule has 0 unspecified atom stereocenters. The minimum atomic E-state index is 0.142. The first-order chi connectivity index (χ1) is 16.9. The predicted octanol–water partition coefficient (Wildman–Crippen LogP) is 3.33. The summed E-state index contributed by atoms with van der Waals surface area (Å²) in [5.74, 6) is 0.696. The summed E-state index contributed by atoms with van der Waals surface area (Å²) in [5, 5.41) is 5.81. The second-order valence-corrected chi connectivity index (χ2v) is 9.34. The Hall–Kier alpha value is -3.65. The Labute approximate surface area is 205 Å². The highest BCUT2D eigenvalue weighted by Crippen LogP contribution is 2.20. The summed E-state index contributed by atoms with van der Waals surface area (Å²) >= 11 is 0. The minimum Gasteiger partial charge on any atom is -0.340 e. The summed E-state index contributed by atoms with van der Waals surface area (Å²) in [7, 11) is 0. The summed E-state index contributed by atoms with van der Waals surface area (Å²) in [5.41, 5.74) is 6.81. The van der Waals surface area contributed by atoms with Gasteiger partial charge in [0.25, 0.3) is 5.95 Å². The summed E-state index contributed by atoms with van der Waals surface area (Å²) in [6, 6.07) is 12.3. The normalized spacial score (nSPS) is 14.6. The second-order valence-electron chi connectivity index (χ2n) is 9.34. The van der Waals surface area contributed by atoms with Gasteiger partial charge in [-0.15, -0.1) is 0 Å². The number of para-hydroxylation sites is 1. The highest BCUT2D eigenvalue weighted by Gasteiger charge is 2.24. The third-order valence-electron chi connectivity index (χ3n) is 6.76. The molecule has 1 fully saturated rings. The molecule has 35 heavy (non-hydrogen) atoms. The molecular weight excluding hydrogens is 438 g/mol. The van der Waals surface area contributed by atoms with Crippen LogP contribution in [0.25, 0.3) is 16.9 Å². The van der Waals surface area contributed by atoms with E-state index in [0.717, 1.165) is 72.0 Å². The lowest BCUT2D eigenvalue weighted by molar-refractivity contribution is -0.132. The number of rotatable bonds is 5. The number of carbonyl (C=O) groups excluding carboxylic acids is 1. The van der Waals surface area contributed by atoms with E-state index in [2.05, 4.69) is 49.2 Å². The van der Waals surface area contributed by atoms with Gasteiger partial charge in [-0.1, -0.05) is 24.3 Å². The van der Waals surface area contributed by atoms with Gasteiger partial charge in [0.1, 0.15) is 0 Å². The Bertz CT molecular complexity index is 1360. The van der Waals surface area contributed by atoms with Crippen LogP contribution in [0.5, 0.6) is 0 Å². The van der Waals surface area contributed by atoms with Crippen molar-refractivity contribution < 1.29 is 4.79 Å². The zero-order valence-corrected chi connectivity index (χ0v) is 20.8. The summed E-state index contributed by atoms with van der Waals surface area (Å²) in [6.45, 7) is 11.8. The molecule has 1 aromatic carbocycles. The largest absolute Gasteiger partial charge is 0.340 e. The number of nitrogens with zero attached hydrogens (tertiary/aromatic N) is 7. The number of aryl methyl sites for hydroxylation is 3. The van der Waals surface area contributed by atoms with Gasteiger partial charge in [0, 0.05) is 67.0 Å². The molecule has 0 bridgehead atoms. The Morgan fingerprint density at radius 1 is 0.943 bits per heavy atom. The van der Waals surface area contributed by atoms with Gasteiger partial charge < -0.3 is 4.90 Å². The molecule has 0 atom stereocenters. The maximum Gasteiger partial charge on any atom is 0.251 e. The smallest absolute Gasteiger partial charge is 0.251 e. The Morgan fingerprint density at radius 3 is 2.40 bits per heavy atom. The van der Waals surface area contributed by atoms with Gasteiger partial charge in [0.2, 0.25) is 5.91 Å². The van der Waals surface area contributed by atoms with Gasteiger partial charge in [0.05, 0.1) is 17.6 Å². The lowest BCUT2D eigenvalue weighted by atomic mass is 10.1. The van der Waals surface area contributed by atoms with Crippen molar-refractivity contribution in [2.24, 2.45) is 0 Å². The van der Waals surface area contributed by atoms with Crippen LogP contribution in [0.4, 0.5) is 0 Å². The molecule has 1 aliphatic rings. The molecule has 4 aromatic rings. The highest BCUT2D eigenvalue weighted by atomic mass is 16.2. The summed E-state index contributed by atoms with van der Waals surface area (Å²) < 4.78 is 1.76. The Morgan fingerprint density at radius 2 is 1.66 bits per heavy atom. The van der Waals surface area contributed by atoms with E-state index in [1.165, 1.54) is 5.56 Å². The summed E-state index contributed by atoms with van der Waals surface area (Å²) in [4.78, 5) is 31.2. The van der Waals surface area contributed by atoms with Crippen molar-refractivity contribution in [3.63, 3.8) is 0 Å². The van der Waals surface area contributed by atoms with Crippen molar-refractivity contribution >= 4 is 16.8 Å². The van der Waals surface area contributed by atoms with Crippen molar-refractivity contribution in [1.29, 1.82) is 0 Å². The maximum absolute atomic E-state index is 13.2. The number of benzene rings is 1. The fourth-order valence-corrected chi connectivity index (χ4v) is 4.88. The van der Waals surface area contributed by atoms with Crippen molar-refractivity contribution in [2.45, 2.75) is 40.7 Å². The monoisotopic (exact) mass is 469 g/mol. The topological polar surface area (TPSA) is 80.0 Å². The fraction of sp³-hybridized carbons (Fsp3) is 0.370. The van der Waals surface area contributed by atoms with Crippen LogP contribution >= 0.6 is 0 Å². The SMILES string of the molecule is Cc1cc(C)nc(-n2nc(C)c(CC(=O)N3CCN(Cc4cccc5cccnc45)CC3)c2C)n1. The lowest BCUT2D eigenvalue weighted by Gasteiger charge is -2.35. The van der Waals surface area contributed by atoms with Crippen LogP contribution in [0.15, 0.2) is 42.6 Å². The average molecular weight is 470 g/mol. The van der Waals surface area contributed by atoms with Crippen LogP contribution in [-0.4, -0.2) is 66.6 Å². The third kappa shape index (κ3) is 4.79. The van der Waals surface area contributed by atoms with Gasteiger partial charge >= 0.3 is 0 Å². The van der Waals surface area contributed by atoms with E-state index in [1.807, 2.05) is 50.9 Å². The Balaban J connectivity index is 1.24. The van der Waals surface area contributed by atoms with Crippen LogP contribution in [0.1, 0.15) is 33.9 Å². The van der Waals surface area contributed by atoms with Gasteiger partial charge in [-0.25, -0.2) is 14.6 Å². The number of carbonyl (C=O) groups is 1. The first-order valence-electron chi connectivity index (χ1n) is 12.1. The van der Waals surface area contributed by atoms with Crippen molar-refractivity contribution in [3.05, 3.63) is 76.5 Å². The number of hydrogen-bond donors (Lipinski definition) is 0. The molecule has 4 heterocycles. The molecule has 8 heteroatoms. The van der Waals surface area contributed by atoms with Crippen LogP contribution in [0, 0.1) is 27.7 Å². The molecule has 1 amide bonds. The highest BCUT2D eigenvalue weighted by molar-refractivity contribution is 5.81. The number of aromatic nitrogens is 5. The second kappa shape index (κ2) is 9.54. The van der Waals surface area contributed by atoms with E-state index in [9.17, 15) is 4.79 Å². The molecule has 180 valence electrons. The van der Waals surface area contributed by atoms with Gasteiger partial charge in [0.15, 0.2) is 0 Å². The van der Waals surface area contributed by atoms with E-state index >= 15 is 0 Å². The zero-order valence-electron chi connectivity index (χ0n) is 20.8. The van der Waals surface area contributed by atoms with E-state index < -0.39 is 0 Å². The molecule has 0 radical (unpaired) electrons. The van der Waals surface area contributed by atoms with Crippen LogP contribution in [-0.2, 0) is 17.8 Å². The number of amides is 1. The fourth-order valence-electron chi connectivity index (χ4n) is 4.88. The number of pyridine rings is 1. The van der Waals surface area contributed by atoms with E-state index in [4.69, 9.17) is 0 Å². The van der Waals surface area contributed by atoms with E-state index in [0.29, 0.717) is 12.4 Å². The average Bonchev–Trinajstić information content (AvgIpc) is 3.12. The molecular formula is C27H31N7O. The maximum atomic E-state index is 13.2. The molecule has 0 aliphatic carbocycles. The first kappa shape index (κ1) is 23.1. The molecule has 0 N–H and O–H groups in total. The minimum absolute atomic E-state index is 0.142. The predicted molar refractivity (Wildman–Crippen MR) is 135 cm³/mol. The quantitative estimate of drug-likeness (QED) is 0.446. The Kier molecular flexibility index (Phi) is 6.30. The van der Waals surface area contributed by atoms with Crippen molar-refractivity contribution in [2.75, 3.05) is 26.2 Å². The van der Waals surface area contributed by atoms with Crippen molar-refractivity contribution in [1.82, 2.24) is 34.5 Å². The molecule has 5 rings (SSSR count).